The number of rotatable bonds is 11. The summed E-state index contributed by atoms with van der Waals surface area (Å²) in [6.45, 7) is 5.65. The van der Waals surface area contributed by atoms with E-state index in [4.69, 9.17) is 14.2 Å². The van der Waals surface area contributed by atoms with E-state index in [0.717, 1.165) is 22.3 Å². The largest absolute Gasteiger partial charge is 0.488 e. The number of hydrogen-bond donors (Lipinski definition) is 2. The molecule has 38 heavy (non-hydrogen) atoms. The van der Waals surface area contributed by atoms with Gasteiger partial charge >= 0.3 is 12.1 Å². The minimum atomic E-state index is -0.969. The Hall–Kier alpha value is -4.10. The Morgan fingerprint density at radius 3 is 2.13 bits per heavy atom. The predicted molar refractivity (Wildman–Crippen MR) is 146 cm³/mol. The van der Waals surface area contributed by atoms with E-state index in [0.29, 0.717) is 12.4 Å². The van der Waals surface area contributed by atoms with Crippen molar-refractivity contribution in [1.82, 2.24) is 5.32 Å². The molecule has 2 N–H and O–H groups in total. The van der Waals surface area contributed by atoms with Crippen molar-refractivity contribution in [1.29, 1.82) is 0 Å². The SMILES string of the molecule is CC(C)(C)OC(=O)[C@H](Cc1ccc(OCc2ccccc2)c(/C=C/CO)c1)NC(=O)OCc1ccccc1. The van der Waals surface area contributed by atoms with Crippen molar-refractivity contribution < 1.29 is 28.9 Å². The van der Waals surface area contributed by atoms with Gasteiger partial charge in [-0.1, -0.05) is 78.9 Å². The normalized spacial score (nSPS) is 12.1. The quantitative estimate of drug-likeness (QED) is 0.329. The number of carbonyl (C=O) groups is 2. The van der Waals surface area contributed by atoms with E-state index in [1.807, 2.05) is 78.9 Å². The van der Waals surface area contributed by atoms with Crippen molar-refractivity contribution in [2.24, 2.45) is 0 Å². The van der Waals surface area contributed by atoms with Crippen LogP contribution in [0.25, 0.3) is 6.08 Å². The highest BCUT2D eigenvalue weighted by Crippen LogP contribution is 2.24. The number of ether oxygens (including phenoxy) is 3. The molecule has 7 heteroatoms. The number of alkyl carbamates (subject to hydrolysis) is 1. The van der Waals surface area contributed by atoms with Crippen LogP contribution in [0.2, 0.25) is 0 Å². The highest BCUT2D eigenvalue weighted by Gasteiger charge is 2.28. The fourth-order valence-electron chi connectivity index (χ4n) is 3.61. The lowest BCUT2D eigenvalue weighted by atomic mass is 10.0. The number of aliphatic hydroxyl groups is 1. The first-order valence-corrected chi connectivity index (χ1v) is 12.5. The molecule has 0 aliphatic heterocycles. The molecule has 0 radical (unpaired) electrons. The topological polar surface area (TPSA) is 94.1 Å². The van der Waals surface area contributed by atoms with Crippen molar-refractivity contribution in [3.63, 3.8) is 0 Å². The molecule has 3 aromatic rings. The first kappa shape index (κ1) is 28.5. The maximum atomic E-state index is 13.0. The van der Waals surface area contributed by atoms with Gasteiger partial charge < -0.3 is 24.6 Å². The minimum Gasteiger partial charge on any atom is -0.488 e. The fourth-order valence-corrected chi connectivity index (χ4v) is 3.61. The Kier molecular flexibility index (Phi) is 10.5. The first-order chi connectivity index (χ1) is 18.2. The zero-order valence-corrected chi connectivity index (χ0v) is 22.1. The molecule has 3 rings (SSSR count). The number of esters is 1. The summed E-state index contributed by atoms with van der Waals surface area (Å²) in [6, 6.07) is 23.6. The molecule has 3 aromatic carbocycles. The second kappa shape index (κ2) is 14.0. The summed E-state index contributed by atoms with van der Waals surface area (Å²) in [7, 11) is 0. The molecule has 0 saturated heterocycles. The van der Waals surface area contributed by atoms with Gasteiger partial charge in [0.25, 0.3) is 0 Å². The summed E-state index contributed by atoms with van der Waals surface area (Å²) in [6.07, 6.45) is 2.83. The Morgan fingerprint density at radius 1 is 0.895 bits per heavy atom. The lowest BCUT2D eigenvalue weighted by Gasteiger charge is -2.24. The third kappa shape index (κ3) is 9.75. The summed E-state index contributed by atoms with van der Waals surface area (Å²) in [5, 5.41) is 12.0. The molecule has 7 nitrogen and oxygen atoms in total. The van der Waals surface area contributed by atoms with E-state index in [-0.39, 0.29) is 19.6 Å². The van der Waals surface area contributed by atoms with Crippen molar-refractivity contribution in [3.8, 4) is 5.75 Å². The molecular formula is C31H35NO6. The monoisotopic (exact) mass is 517 g/mol. The molecule has 200 valence electrons. The number of carbonyl (C=O) groups excluding carboxylic acids is 2. The Labute approximate surface area is 224 Å². The average Bonchev–Trinajstić information content (AvgIpc) is 2.90. The van der Waals surface area contributed by atoms with E-state index in [9.17, 15) is 14.7 Å². The molecule has 0 aliphatic rings. The third-order valence-electron chi connectivity index (χ3n) is 5.35. The zero-order valence-electron chi connectivity index (χ0n) is 22.1. The van der Waals surface area contributed by atoms with E-state index >= 15 is 0 Å². The van der Waals surface area contributed by atoms with Gasteiger partial charge in [-0.15, -0.1) is 0 Å². The summed E-state index contributed by atoms with van der Waals surface area (Å²) in [5.41, 5.74) is 2.64. The minimum absolute atomic E-state index is 0.0806. The smallest absolute Gasteiger partial charge is 0.408 e. The van der Waals surface area contributed by atoms with Gasteiger partial charge in [-0.2, -0.15) is 0 Å². The van der Waals surface area contributed by atoms with E-state index < -0.39 is 23.7 Å². The molecule has 0 unspecified atom stereocenters. The average molecular weight is 518 g/mol. The van der Waals surface area contributed by atoms with Gasteiger partial charge in [0, 0.05) is 12.0 Å². The highest BCUT2D eigenvalue weighted by molar-refractivity contribution is 5.82. The van der Waals surface area contributed by atoms with Crippen molar-refractivity contribution in [3.05, 3.63) is 107 Å². The Balaban J connectivity index is 1.75. The predicted octanol–water partition coefficient (Wildman–Crippen LogP) is 5.45. The Bertz CT molecular complexity index is 1200. The molecule has 0 saturated carbocycles. The molecule has 0 heterocycles. The standard InChI is InChI=1S/C31H35NO6/c1-31(2,3)38-29(34)27(32-30(35)37-22-24-13-8-5-9-14-24)20-25-16-17-28(26(19-25)15-10-18-33)36-21-23-11-6-4-7-12-23/h4-17,19,27,33H,18,20-22H2,1-3H3,(H,32,35)/b15-10+/t27-/m0/s1. The molecule has 0 fully saturated rings. The van der Waals surface area contributed by atoms with Crippen LogP contribution in [0.1, 0.15) is 43.0 Å². The van der Waals surface area contributed by atoms with Crippen LogP contribution < -0.4 is 10.1 Å². The molecule has 1 amide bonds. The molecule has 1 atom stereocenters. The first-order valence-electron chi connectivity index (χ1n) is 12.5. The van der Waals surface area contributed by atoms with Crippen molar-refractivity contribution >= 4 is 18.1 Å². The van der Waals surface area contributed by atoms with E-state index in [1.165, 1.54) is 0 Å². The van der Waals surface area contributed by atoms with Gasteiger partial charge in [0.1, 0.15) is 30.6 Å². The van der Waals surface area contributed by atoms with Crippen LogP contribution in [0.15, 0.2) is 84.9 Å². The molecule has 0 aliphatic carbocycles. The van der Waals surface area contributed by atoms with Crippen LogP contribution in [-0.2, 0) is 33.9 Å². The van der Waals surface area contributed by atoms with Crippen LogP contribution >= 0.6 is 0 Å². The lowest BCUT2D eigenvalue weighted by Crippen LogP contribution is -2.45. The number of amides is 1. The van der Waals surface area contributed by atoms with Crippen LogP contribution in [0, 0.1) is 0 Å². The highest BCUT2D eigenvalue weighted by atomic mass is 16.6. The lowest BCUT2D eigenvalue weighted by molar-refractivity contribution is -0.157. The van der Waals surface area contributed by atoms with Crippen molar-refractivity contribution in [2.45, 2.75) is 52.0 Å². The summed E-state index contributed by atoms with van der Waals surface area (Å²) in [4.78, 5) is 25.6. The van der Waals surface area contributed by atoms with Gasteiger partial charge in [0.05, 0.1) is 6.61 Å². The van der Waals surface area contributed by atoms with Gasteiger partial charge in [0.2, 0.25) is 0 Å². The van der Waals surface area contributed by atoms with Gasteiger partial charge in [0.15, 0.2) is 0 Å². The van der Waals surface area contributed by atoms with E-state index in [1.54, 1.807) is 32.9 Å². The summed E-state index contributed by atoms with van der Waals surface area (Å²) >= 11 is 0. The van der Waals surface area contributed by atoms with Gasteiger partial charge in [-0.05, 0) is 49.6 Å². The number of aliphatic hydroxyl groups excluding tert-OH is 1. The fraction of sp³-hybridized carbons (Fsp3) is 0.290. The van der Waals surface area contributed by atoms with Gasteiger partial charge in [-0.25, -0.2) is 9.59 Å². The molecule has 0 spiro atoms. The number of benzene rings is 3. The Morgan fingerprint density at radius 2 is 1.53 bits per heavy atom. The summed E-state index contributed by atoms with van der Waals surface area (Å²) in [5.74, 6) is 0.0670. The van der Waals surface area contributed by atoms with Crippen LogP contribution in [0.5, 0.6) is 5.75 Å². The van der Waals surface area contributed by atoms with Gasteiger partial charge in [-0.3, -0.25) is 0 Å². The maximum absolute atomic E-state index is 13.0. The number of hydrogen-bond acceptors (Lipinski definition) is 6. The van der Waals surface area contributed by atoms with Crippen LogP contribution in [0.4, 0.5) is 4.79 Å². The van der Waals surface area contributed by atoms with Crippen LogP contribution in [-0.4, -0.2) is 35.4 Å². The van der Waals surface area contributed by atoms with Crippen LogP contribution in [0.3, 0.4) is 0 Å². The second-order valence-corrected chi connectivity index (χ2v) is 9.73. The third-order valence-corrected chi connectivity index (χ3v) is 5.35. The maximum Gasteiger partial charge on any atom is 0.408 e. The van der Waals surface area contributed by atoms with E-state index in [2.05, 4.69) is 5.32 Å². The number of nitrogens with one attached hydrogen (secondary N) is 1. The zero-order chi connectivity index (χ0) is 27.4. The molecular weight excluding hydrogens is 482 g/mol. The molecule has 0 aromatic heterocycles. The van der Waals surface area contributed by atoms with Crippen molar-refractivity contribution in [2.75, 3.05) is 6.61 Å². The second-order valence-electron chi connectivity index (χ2n) is 9.73. The molecule has 0 bridgehead atoms. The summed E-state index contributed by atoms with van der Waals surface area (Å²) < 4.78 is 16.9.